The van der Waals surface area contributed by atoms with Crippen molar-refractivity contribution in [3.8, 4) is 0 Å². The third kappa shape index (κ3) is 5.58. The summed E-state index contributed by atoms with van der Waals surface area (Å²) >= 11 is 1.72. The van der Waals surface area contributed by atoms with Crippen LogP contribution in [0.4, 0.5) is 0 Å². The lowest BCUT2D eigenvalue weighted by atomic mass is 9.98. The number of ether oxygens (including phenoxy) is 5. The van der Waals surface area contributed by atoms with Gasteiger partial charge in [0.1, 0.15) is 29.9 Å². The molecule has 31 heavy (non-hydrogen) atoms. The molecule has 166 valence electrons. The van der Waals surface area contributed by atoms with Gasteiger partial charge in [-0.25, -0.2) is 0 Å². The molecule has 2 aromatic carbocycles. The minimum atomic E-state index is -0.453. The van der Waals surface area contributed by atoms with Crippen LogP contribution >= 0.6 is 11.8 Å². The van der Waals surface area contributed by atoms with Crippen molar-refractivity contribution >= 4 is 11.8 Å². The monoisotopic (exact) mass is 442 g/mol. The molecule has 0 aromatic heterocycles. The van der Waals surface area contributed by atoms with Gasteiger partial charge in [0.25, 0.3) is 0 Å². The van der Waals surface area contributed by atoms with E-state index in [9.17, 15) is 0 Å². The molecule has 0 spiro atoms. The van der Waals surface area contributed by atoms with E-state index in [1.807, 2.05) is 48.5 Å². The SMILES string of the molecule is C=CCO[C@@H]1[C@H](OCc2ccccc2)[C@@H](SCC)O[C@@H]2COC(c3ccccc3)O[C@@H]12. The highest BCUT2D eigenvalue weighted by Crippen LogP contribution is 2.39. The highest BCUT2D eigenvalue weighted by Gasteiger charge is 2.51. The van der Waals surface area contributed by atoms with E-state index in [2.05, 4.69) is 25.6 Å². The fraction of sp³-hybridized carbons (Fsp3) is 0.440. The number of hydrogen-bond acceptors (Lipinski definition) is 6. The topological polar surface area (TPSA) is 46.2 Å². The molecule has 0 N–H and O–H groups in total. The molecule has 2 aromatic rings. The molecule has 1 unspecified atom stereocenters. The van der Waals surface area contributed by atoms with Crippen LogP contribution in [0.2, 0.25) is 0 Å². The first-order valence-corrected chi connectivity index (χ1v) is 11.8. The molecule has 0 saturated carbocycles. The van der Waals surface area contributed by atoms with Crippen LogP contribution in [0.25, 0.3) is 0 Å². The van der Waals surface area contributed by atoms with Crippen LogP contribution in [0.5, 0.6) is 0 Å². The third-order valence-corrected chi connectivity index (χ3v) is 6.42. The van der Waals surface area contributed by atoms with Crippen molar-refractivity contribution in [1.29, 1.82) is 0 Å². The van der Waals surface area contributed by atoms with Gasteiger partial charge in [0.15, 0.2) is 6.29 Å². The van der Waals surface area contributed by atoms with Crippen LogP contribution in [0.1, 0.15) is 24.3 Å². The van der Waals surface area contributed by atoms with Gasteiger partial charge < -0.3 is 23.7 Å². The minimum absolute atomic E-state index is 0.162. The molecular formula is C25H30O5S. The number of fused-ring (bicyclic) bond motifs is 1. The molecule has 6 atom stereocenters. The van der Waals surface area contributed by atoms with E-state index in [0.717, 1.165) is 16.9 Å². The molecule has 2 fully saturated rings. The molecule has 2 saturated heterocycles. The Bertz CT molecular complexity index is 802. The fourth-order valence-corrected chi connectivity index (χ4v) is 4.91. The Morgan fingerprint density at radius 3 is 2.45 bits per heavy atom. The maximum absolute atomic E-state index is 6.41. The molecule has 6 heteroatoms. The van der Waals surface area contributed by atoms with Gasteiger partial charge in [-0.3, -0.25) is 0 Å². The Morgan fingerprint density at radius 1 is 1.00 bits per heavy atom. The second-order valence-electron chi connectivity index (χ2n) is 7.52. The van der Waals surface area contributed by atoms with E-state index in [0.29, 0.717) is 19.8 Å². The summed E-state index contributed by atoms with van der Waals surface area (Å²) in [5.74, 6) is 0.912. The average Bonchev–Trinajstić information content (AvgIpc) is 2.82. The summed E-state index contributed by atoms with van der Waals surface area (Å²) in [4.78, 5) is 0. The summed E-state index contributed by atoms with van der Waals surface area (Å²) in [6.45, 7) is 7.29. The van der Waals surface area contributed by atoms with Gasteiger partial charge in [-0.1, -0.05) is 73.7 Å². The summed E-state index contributed by atoms with van der Waals surface area (Å²) in [6.07, 6.45) is 0.227. The van der Waals surface area contributed by atoms with E-state index in [1.54, 1.807) is 17.8 Å². The standard InChI is InChI=1S/C25H30O5S/c1-3-15-26-22-21-20(17-28-24(30-21)19-13-9-6-10-14-19)29-25(31-4-2)23(22)27-16-18-11-7-5-8-12-18/h3,5-14,20-25H,1,4,15-17H2,2H3/t20-,21-,22+,23+,24?,25-/m1/s1. The molecule has 2 heterocycles. The van der Waals surface area contributed by atoms with Gasteiger partial charge in [0, 0.05) is 5.56 Å². The summed E-state index contributed by atoms with van der Waals surface area (Å²) in [5.41, 5.74) is 1.93. The molecule has 4 rings (SSSR count). The quantitative estimate of drug-likeness (QED) is 0.523. The van der Waals surface area contributed by atoms with Crippen LogP contribution in [0.3, 0.4) is 0 Å². The Balaban J connectivity index is 1.55. The number of rotatable bonds is 9. The zero-order valence-electron chi connectivity index (χ0n) is 17.8. The fourth-order valence-electron chi connectivity index (χ4n) is 3.94. The summed E-state index contributed by atoms with van der Waals surface area (Å²) in [5, 5.41) is 0. The minimum Gasteiger partial charge on any atom is -0.368 e. The van der Waals surface area contributed by atoms with Crippen molar-refractivity contribution in [3.05, 3.63) is 84.4 Å². The van der Waals surface area contributed by atoms with E-state index < -0.39 is 6.29 Å². The first-order valence-electron chi connectivity index (χ1n) is 10.8. The molecule has 5 nitrogen and oxygen atoms in total. The zero-order chi connectivity index (χ0) is 21.5. The first kappa shape index (κ1) is 22.5. The lowest BCUT2D eigenvalue weighted by molar-refractivity contribution is -0.327. The van der Waals surface area contributed by atoms with E-state index in [-0.39, 0.29) is 29.9 Å². The summed E-state index contributed by atoms with van der Waals surface area (Å²) in [7, 11) is 0. The maximum atomic E-state index is 6.41. The van der Waals surface area contributed by atoms with Gasteiger partial charge in [0.2, 0.25) is 0 Å². The van der Waals surface area contributed by atoms with Crippen molar-refractivity contribution in [2.24, 2.45) is 0 Å². The number of thioether (sulfide) groups is 1. The van der Waals surface area contributed by atoms with Crippen LogP contribution in [-0.4, -0.2) is 48.8 Å². The van der Waals surface area contributed by atoms with Crippen molar-refractivity contribution in [2.45, 2.75) is 49.7 Å². The van der Waals surface area contributed by atoms with Crippen molar-refractivity contribution in [2.75, 3.05) is 19.0 Å². The first-order chi connectivity index (χ1) is 15.3. The normalized spacial score (nSPS) is 30.5. The lowest BCUT2D eigenvalue weighted by Gasteiger charge is -2.49. The van der Waals surface area contributed by atoms with Crippen LogP contribution in [0, 0.1) is 0 Å². The summed E-state index contributed by atoms with van der Waals surface area (Å²) in [6, 6.07) is 20.1. The van der Waals surface area contributed by atoms with Crippen LogP contribution < -0.4 is 0 Å². The molecule has 0 amide bonds. The van der Waals surface area contributed by atoms with Gasteiger partial charge in [-0.2, -0.15) is 0 Å². The summed E-state index contributed by atoms with van der Waals surface area (Å²) < 4.78 is 31.5. The van der Waals surface area contributed by atoms with E-state index >= 15 is 0 Å². The Morgan fingerprint density at radius 2 is 1.74 bits per heavy atom. The van der Waals surface area contributed by atoms with E-state index in [4.69, 9.17) is 23.7 Å². The van der Waals surface area contributed by atoms with Gasteiger partial charge in [-0.05, 0) is 11.3 Å². The van der Waals surface area contributed by atoms with Gasteiger partial charge in [0.05, 0.1) is 19.8 Å². The molecular weight excluding hydrogens is 412 g/mol. The van der Waals surface area contributed by atoms with E-state index in [1.165, 1.54) is 0 Å². The second kappa shape index (κ2) is 11.3. The molecule has 0 radical (unpaired) electrons. The zero-order valence-corrected chi connectivity index (χ0v) is 18.6. The largest absolute Gasteiger partial charge is 0.368 e. The predicted molar refractivity (Wildman–Crippen MR) is 122 cm³/mol. The maximum Gasteiger partial charge on any atom is 0.184 e. The Hall–Kier alpha value is -1.67. The average molecular weight is 443 g/mol. The Labute approximate surface area is 188 Å². The number of hydrogen-bond donors (Lipinski definition) is 0. The lowest BCUT2D eigenvalue weighted by Crippen LogP contribution is -2.62. The smallest absolute Gasteiger partial charge is 0.184 e. The molecule has 2 aliphatic rings. The molecule has 2 aliphatic heterocycles. The Kier molecular flexibility index (Phi) is 8.19. The third-order valence-electron chi connectivity index (χ3n) is 5.38. The molecule has 0 bridgehead atoms. The highest BCUT2D eigenvalue weighted by molar-refractivity contribution is 7.99. The van der Waals surface area contributed by atoms with Crippen molar-refractivity contribution in [3.63, 3.8) is 0 Å². The second-order valence-corrected chi connectivity index (χ2v) is 8.90. The molecule has 0 aliphatic carbocycles. The van der Waals surface area contributed by atoms with Gasteiger partial charge in [-0.15, -0.1) is 18.3 Å². The van der Waals surface area contributed by atoms with Crippen molar-refractivity contribution < 1.29 is 23.7 Å². The van der Waals surface area contributed by atoms with Crippen LogP contribution in [-0.2, 0) is 30.3 Å². The van der Waals surface area contributed by atoms with Crippen LogP contribution in [0.15, 0.2) is 73.3 Å². The highest BCUT2D eigenvalue weighted by atomic mass is 32.2. The van der Waals surface area contributed by atoms with Gasteiger partial charge >= 0.3 is 0 Å². The van der Waals surface area contributed by atoms with Crippen molar-refractivity contribution in [1.82, 2.24) is 0 Å². The predicted octanol–water partition coefficient (Wildman–Crippen LogP) is 4.74. The number of benzene rings is 2.